The summed E-state index contributed by atoms with van der Waals surface area (Å²) in [5.41, 5.74) is -4.39. The van der Waals surface area contributed by atoms with Crippen LogP contribution in [-0.4, -0.2) is 54.9 Å². The standard InChI is InChI=1S/C15H24F3N5O2S2.HI/c1-3-13-21-12(10-26-13)9-20-14(19-4-2)22-11-5-7-23(8-6-11)27(24,25)15(16,17)18;/h10-11H,3-9H2,1-2H3,(H2,19,20,22);1H. The summed E-state index contributed by atoms with van der Waals surface area (Å²) in [7, 11) is -5.26. The van der Waals surface area contributed by atoms with E-state index in [2.05, 4.69) is 20.6 Å². The highest BCUT2D eigenvalue weighted by Gasteiger charge is 2.50. The molecule has 0 unspecified atom stereocenters. The number of hydrogen-bond acceptors (Lipinski definition) is 5. The lowest BCUT2D eigenvalue weighted by molar-refractivity contribution is -0.0494. The van der Waals surface area contributed by atoms with Crippen LogP contribution in [-0.2, 0) is 23.0 Å². The van der Waals surface area contributed by atoms with Crippen LogP contribution in [0.15, 0.2) is 10.4 Å². The van der Waals surface area contributed by atoms with Gasteiger partial charge < -0.3 is 10.6 Å². The minimum absolute atomic E-state index is 0. The van der Waals surface area contributed by atoms with Gasteiger partial charge in [0.15, 0.2) is 5.96 Å². The highest BCUT2D eigenvalue weighted by Crippen LogP contribution is 2.28. The van der Waals surface area contributed by atoms with Crippen molar-refractivity contribution < 1.29 is 21.6 Å². The Labute approximate surface area is 184 Å². The number of aliphatic imine (C=N–C) groups is 1. The van der Waals surface area contributed by atoms with Gasteiger partial charge in [-0.3, -0.25) is 0 Å². The molecule has 13 heteroatoms. The molecule has 1 saturated heterocycles. The predicted molar refractivity (Wildman–Crippen MR) is 114 cm³/mol. The number of piperidine rings is 1. The van der Waals surface area contributed by atoms with E-state index in [1.165, 1.54) is 0 Å². The van der Waals surface area contributed by atoms with Crippen LogP contribution in [0.3, 0.4) is 0 Å². The van der Waals surface area contributed by atoms with E-state index in [0.29, 0.717) is 23.4 Å². The topological polar surface area (TPSA) is 86.7 Å². The molecule has 162 valence electrons. The highest BCUT2D eigenvalue weighted by molar-refractivity contribution is 14.0. The number of nitrogens with zero attached hydrogens (tertiary/aromatic N) is 3. The second kappa shape index (κ2) is 10.9. The summed E-state index contributed by atoms with van der Waals surface area (Å²) >= 11 is 1.58. The molecule has 7 nitrogen and oxygen atoms in total. The second-order valence-corrected chi connectivity index (χ2v) is 8.92. The maximum absolute atomic E-state index is 12.6. The van der Waals surface area contributed by atoms with Crippen molar-refractivity contribution in [2.75, 3.05) is 19.6 Å². The molecule has 1 aliphatic rings. The van der Waals surface area contributed by atoms with Gasteiger partial charge in [0.2, 0.25) is 0 Å². The van der Waals surface area contributed by atoms with Crippen LogP contribution in [0.25, 0.3) is 0 Å². The maximum Gasteiger partial charge on any atom is 0.511 e. The zero-order valence-corrected chi connectivity index (χ0v) is 19.6. The van der Waals surface area contributed by atoms with Gasteiger partial charge in [0.1, 0.15) is 0 Å². The van der Waals surface area contributed by atoms with Crippen LogP contribution >= 0.6 is 35.3 Å². The summed E-state index contributed by atoms with van der Waals surface area (Å²) < 4.78 is 61.3. The van der Waals surface area contributed by atoms with Crippen molar-refractivity contribution in [1.82, 2.24) is 19.9 Å². The fraction of sp³-hybridized carbons (Fsp3) is 0.733. The zero-order chi connectivity index (χ0) is 20.1. The lowest BCUT2D eigenvalue weighted by atomic mass is 10.1. The molecule has 1 fully saturated rings. The van der Waals surface area contributed by atoms with Crippen molar-refractivity contribution in [3.8, 4) is 0 Å². The molecule has 0 aromatic carbocycles. The Kier molecular flexibility index (Phi) is 9.89. The van der Waals surface area contributed by atoms with Gasteiger partial charge in [-0.25, -0.2) is 18.4 Å². The quantitative estimate of drug-likeness (QED) is 0.321. The van der Waals surface area contributed by atoms with Crippen LogP contribution in [0.2, 0.25) is 0 Å². The molecular formula is C15H25F3IN5O2S2. The molecule has 0 radical (unpaired) electrons. The largest absolute Gasteiger partial charge is 0.511 e. The van der Waals surface area contributed by atoms with Gasteiger partial charge >= 0.3 is 15.5 Å². The normalized spacial score (nSPS) is 17.2. The second-order valence-electron chi connectivity index (χ2n) is 6.05. The number of alkyl halides is 3. The van der Waals surface area contributed by atoms with E-state index >= 15 is 0 Å². The Morgan fingerprint density at radius 2 is 2.00 bits per heavy atom. The average molecular weight is 555 g/mol. The van der Waals surface area contributed by atoms with Gasteiger partial charge in [-0.05, 0) is 26.2 Å². The van der Waals surface area contributed by atoms with E-state index in [-0.39, 0.29) is 55.9 Å². The van der Waals surface area contributed by atoms with Crippen LogP contribution in [0.1, 0.15) is 37.4 Å². The summed E-state index contributed by atoms with van der Waals surface area (Å²) in [4.78, 5) is 8.90. The number of aryl methyl sites for hydroxylation is 1. The van der Waals surface area contributed by atoms with Crippen LogP contribution in [0.4, 0.5) is 13.2 Å². The first-order valence-corrected chi connectivity index (χ1v) is 11.0. The van der Waals surface area contributed by atoms with E-state index < -0.39 is 15.5 Å². The number of sulfonamides is 1. The van der Waals surface area contributed by atoms with Crippen LogP contribution in [0.5, 0.6) is 0 Å². The Bertz CT molecular complexity index is 747. The van der Waals surface area contributed by atoms with E-state index in [9.17, 15) is 21.6 Å². The van der Waals surface area contributed by atoms with Crippen molar-refractivity contribution >= 4 is 51.3 Å². The van der Waals surface area contributed by atoms with Crippen LogP contribution in [0, 0.1) is 0 Å². The minimum Gasteiger partial charge on any atom is -0.357 e. The Morgan fingerprint density at radius 3 is 2.50 bits per heavy atom. The molecule has 1 aromatic heterocycles. The number of nitrogens with one attached hydrogen (secondary N) is 2. The van der Waals surface area contributed by atoms with Gasteiger partial charge in [-0.2, -0.15) is 17.5 Å². The summed E-state index contributed by atoms with van der Waals surface area (Å²) in [6.45, 7) is 4.61. The highest BCUT2D eigenvalue weighted by atomic mass is 127. The molecule has 0 spiro atoms. The fourth-order valence-corrected chi connectivity index (χ4v) is 4.36. The summed E-state index contributed by atoms with van der Waals surface area (Å²) in [6, 6.07) is -0.149. The molecule has 2 N–H and O–H groups in total. The van der Waals surface area contributed by atoms with E-state index in [1.54, 1.807) is 11.3 Å². The zero-order valence-electron chi connectivity index (χ0n) is 15.6. The van der Waals surface area contributed by atoms with Gasteiger partial charge in [0.25, 0.3) is 0 Å². The number of halogens is 4. The average Bonchev–Trinajstić information content (AvgIpc) is 3.07. The summed E-state index contributed by atoms with van der Waals surface area (Å²) in [5, 5.41) is 9.25. The molecule has 28 heavy (non-hydrogen) atoms. The van der Waals surface area contributed by atoms with Crippen molar-refractivity contribution in [1.29, 1.82) is 0 Å². The van der Waals surface area contributed by atoms with Gasteiger partial charge in [0, 0.05) is 31.1 Å². The number of hydrogen-bond donors (Lipinski definition) is 2. The SMILES string of the molecule is CCNC(=NCc1csc(CC)n1)NC1CCN(S(=O)(=O)C(F)(F)F)CC1.I. The number of guanidine groups is 1. The molecule has 0 atom stereocenters. The third-order valence-corrected chi connectivity index (χ3v) is 6.74. The number of thiazole rings is 1. The number of rotatable bonds is 6. The van der Waals surface area contributed by atoms with Gasteiger partial charge in [-0.1, -0.05) is 6.92 Å². The third kappa shape index (κ3) is 6.69. The monoisotopic (exact) mass is 555 g/mol. The van der Waals surface area contributed by atoms with Crippen LogP contribution < -0.4 is 10.6 Å². The molecule has 2 heterocycles. The fourth-order valence-electron chi connectivity index (χ4n) is 2.64. The minimum atomic E-state index is -5.26. The Morgan fingerprint density at radius 1 is 1.36 bits per heavy atom. The first-order valence-electron chi connectivity index (χ1n) is 8.72. The predicted octanol–water partition coefficient (Wildman–Crippen LogP) is 2.69. The summed E-state index contributed by atoms with van der Waals surface area (Å²) in [5.74, 6) is 0.542. The summed E-state index contributed by atoms with van der Waals surface area (Å²) in [6.07, 6.45) is 1.42. The molecule has 0 saturated carbocycles. The molecule has 0 aliphatic carbocycles. The number of aromatic nitrogens is 1. The van der Waals surface area contributed by atoms with E-state index in [1.807, 2.05) is 19.2 Å². The first-order chi connectivity index (χ1) is 12.7. The maximum atomic E-state index is 12.6. The van der Waals surface area contributed by atoms with E-state index in [4.69, 9.17) is 0 Å². The Hall–Kier alpha value is -0.670. The molecule has 0 bridgehead atoms. The lowest BCUT2D eigenvalue weighted by Crippen LogP contribution is -2.51. The van der Waals surface area contributed by atoms with Crippen molar-refractivity contribution in [2.45, 2.75) is 51.2 Å². The molecular weight excluding hydrogens is 530 g/mol. The third-order valence-electron chi connectivity index (χ3n) is 4.07. The molecule has 1 aliphatic heterocycles. The Balaban J connectivity index is 0.00000392. The van der Waals surface area contributed by atoms with Gasteiger partial charge in [-0.15, -0.1) is 35.3 Å². The van der Waals surface area contributed by atoms with Crippen molar-refractivity contribution in [3.63, 3.8) is 0 Å². The van der Waals surface area contributed by atoms with E-state index in [0.717, 1.165) is 17.1 Å². The van der Waals surface area contributed by atoms with Crippen molar-refractivity contribution in [2.24, 2.45) is 4.99 Å². The van der Waals surface area contributed by atoms with Gasteiger partial charge in [0.05, 0.1) is 17.2 Å². The lowest BCUT2D eigenvalue weighted by Gasteiger charge is -2.32. The first kappa shape index (κ1) is 25.4. The smallest absolute Gasteiger partial charge is 0.357 e. The molecule has 0 amide bonds. The van der Waals surface area contributed by atoms with Crippen molar-refractivity contribution in [3.05, 3.63) is 16.1 Å². The molecule has 2 rings (SSSR count). The molecule has 1 aromatic rings.